The zero-order valence-electron chi connectivity index (χ0n) is 12.4. The largest absolute Gasteiger partial charge is 0.347 e. The van der Waals surface area contributed by atoms with Crippen molar-refractivity contribution in [2.24, 2.45) is 0 Å². The van der Waals surface area contributed by atoms with Crippen molar-refractivity contribution in [3.8, 4) is 0 Å². The van der Waals surface area contributed by atoms with Crippen LogP contribution in [0.3, 0.4) is 0 Å². The highest BCUT2D eigenvalue weighted by Gasteiger charge is 2.09. The molecule has 1 heterocycles. The van der Waals surface area contributed by atoms with E-state index in [9.17, 15) is 0 Å². The maximum Gasteiger partial charge on any atom is 0.0483 e. The Labute approximate surface area is 120 Å². The van der Waals surface area contributed by atoms with Crippen LogP contribution in [-0.2, 0) is 13.1 Å². The van der Waals surface area contributed by atoms with E-state index in [0.717, 1.165) is 18.8 Å². The first kappa shape index (κ1) is 14.5. The van der Waals surface area contributed by atoms with E-state index in [0.29, 0.717) is 0 Å². The average molecular weight is 276 g/mol. The van der Waals surface area contributed by atoms with Crippen molar-refractivity contribution in [1.82, 2.24) is 9.88 Å². The molecule has 0 amide bonds. The van der Waals surface area contributed by atoms with Crippen molar-refractivity contribution in [2.75, 3.05) is 12.0 Å². The van der Waals surface area contributed by atoms with Crippen LogP contribution in [0.15, 0.2) is 30.5 Å². The van der Waals surface area contributed by atoms with Crippen LogP contribution in [0.2, 0.25) is 0 Å². The summed E-state index contributed by atoms with van der Waals surface area (Å²) < 4.78 is 2.35. The summed E-state index contributed by atoms with van der Waals surface area (Å²) in [4.78, 5) is 0. The van der Waals surface area contributed by atoms with E-state index >= 15 is 0 Å². The SMILES string of the molecule is CSCCn1ccc2ccc(CNC(C)(C)C)cc21. The zero-order chi connectivity index (χ0) is 13.9. The van der Waals surface area contributed by atoms with Crippen molar-refractivity contribution >= 4 is 22.7 Å². The molecule has 2 aromatic rings. The highest BCUT2D eigenvalue weighted by atomic mass is 32.2. The summed E-state index contributed by atoms with van der Waals surface area (Å²) in [5, 5.41) is 4.88. The molecule has 0 aliphatic rings. The maximum atomic E-state index is 3.54. The molecule has 1 aromatic heterocycles. The van der Waals surface area contributed by atoms with Crippen LogP contribution in [0.5, 0.6) is 0 Å². The first-order valence-electron chi connectivity index (χ1n) is 6.81. The lowest BCUT2D eigenvalue weighted by atomic mass is 10.1. The number of aryl methyl sites for hydroxylation is 1. The van der Waals surface area contributed by atoms with Gasteiger partial charge >= 0.3 is 0 Å². The Balaban J connectivity index is 2.18. The maximum absolute atomic E-state index is 3.54. The fraction of sp³-hybridized carbons (Fsp3) is 0.500. The molecular formula is C16H24N2S. The van der Waals surface area contributed by atoms with Gasteiger partial charge in [-0.05, 0) is 50.1 Å². The molecule has 0 bridgehead atoms. The van der Waals surface area contributed by atoms with Crippen molar-refractivity contribution in [3.05, 3.63) is 36.0 Å². The average Bonchev–Trinajstić information content (AvgIpc) is 2.75. The molecular weight excluding hydrogens is 252 g/mol. The summed E-state index contributed by atoms with van der Waals surface area (Å²) >= 11 is 1.89. The Morgan fingerprint density at radius 1 is 1.21 bits per heavy atom. The Hall–Kier alpha value is -0.930. The molecule has 0 saturated heterocycles. The van der Waals surface area contributed by atoms with Crippen LogP contribution in [-0.4, -0.2) is 22.1 Å². The summed E-state index contributed by atoms with van der Waals surface area (Å²) in [7, 11) is 0. The molecule has 19 heavy (non-hydrogen) atoms. The predicted molar refractivity (Wildman–Crippen MR) is 86.9 cm³/mol. The van der Waals surface area contributed by atoms with Crippen LogP contribution in [0.1, 0.15) is 26.3 Å². The van der Waals surface area contributed by atoms with Gasteiger partial charge in [0.2, 0.25) is 0 Å². The van der Waals surface area contributed by atoms with Crippen LogP contribution in [0.4, 0.5) is 0 Å². The lowest BCUT2D eigenvalue weighted by molar-refractivity contribution is 0.424. The molecule has 0 atom stereocenters. The number of fused-ring (bicyclic) bond motifs is 1. The third kappa shape index (κ3) is 4.02. The molecule has 0 aliphatic carbocycles. The Bertz CT molecular complexity index is 537. The van der Waals surface area contributed by atoms with E-state index in [-0.39, 0.29) is 5.54 Å². The second-order valence-electron chi connectivity index (χ2n) is 6.00. The molecule has 0 radical (unpaired) electrons. The second-order valence-corrected chi connectivity index (χ2v) is 6.98. The van der Waals surface area contributed by atoms with Gasteiger partial charge in [-0.3, -0.25) is 0 Å². The first-order chi connectivity index (χ1) is 8.99. The smallest absolute Gasteiger partial charge is 0.0483 e. The highest BCUT2D eigenvalue weighted by molar-refractivity contribution is 7.98. The van der Waals surface area contributed by atoms with Gasteiger partial charge < -0.3 is 9.88 Å². The zero-order valence-corrected chi connectivity index (χ0v) is 13.2. The lowest BCUT2D eigenvalue weighted by Crippen LogP contribution is -2.35. The minimum absolute atomic E-state index is 0.163. The number of aromatic nitrogens is 1. The number of hydrogen-bond acceptors (Lipinski definition) is 2. The summed E-state index contributed by atoms with van der Waals surface area (Å²) in [6, 6.07) is 8.97. The minimum Gasteiger partial charge on any atom is -0.347 e. The van der Waals surface area contributed by atoms with E-state index in [1.807, 2.05) is 11.8 Å². The number of rotatable bonds is 5. The van der Waals surface area contributed by atoms with Gasteiger partial charge in [-0.25, -0.2) is 0 Å². The molecule has 2 nitrogen and oxygen atoms in total. The first-order valence-corrected chi connectivity index (χ1v) is 8.21. The number of nitrogens with zero attached hydrogens (tertiary/aromatic N) is 1. The van der Waals surface area contributed by atoms with E-state index in [2.05, 4.69) is 67.4 Å². The van der Waals surface area contributed by atoms with E-state index in [4.69, 9.17) is 0 Å². The van der Waals surface area contributed by atoms with Gasteiger partial charge in [-0.2, -0.15) is 11.8 Å². The third-order valence-corrected chi connectivity index (χ3v) is 3.79. The quantitative estimate of drug-likeness (QED) is 0.892. The molecule has 0 unspecified atom stereocenters. The van der Waals surface area contributed by atoms with Gasteiger partial charge in [0, 0.05) is 36.1 Å². The van der Waals surface area contributed by atoms with Gasteiger partial charge in [-0.1, -0.05) is 12.1 Å². The topological polar surface area (TPSA) is 17.0 Å². The fourth-order valence-electron chi connectivity index (χ4n) is 2.09. The number of thioether (sulfide) groups is 1. The van der Waals surface area contributed by atoms with Gasteiger partial charge in [0.1, 0.15) is 0 Å². The number of benzene rings is 1. The van der Waals surface area contributed by atoms with E-state index < -0.39 is 0 Å². The van der Waals surface area contributed by atoms with Gasteiger partial charge in [-0.15, -0.1) is 0 Å². The normalized spacial score (nSPS) is 12.2. The van der Waals surface area contributed by atoms with Crippen molar-refractivity contribution in [3.63, 3.8) is 0 Å². The molecule has 104 valence electrons. The van der Waals surface area contributed by atoms with E-state index in [1.54, 1.807) is 0 Å². The van der Waals surface area contributed by atoms with Crippen molar-refractivity contribution < 1.29 is 0 Å². The molecule has 0 aliphatic heterocycles. The number of hydrogen-bond donors (Lipinski definition) is 1. The van der Waals surface area contributed by atoms with Crippen LogP contribution < -0.4 is 5.32 Å². The molecule has 1 N–H and O–H groups in total. The van der Waals surface area contributed by atoms with E-state index in [1.165, 1.54) is 16.5 Å². The minimum atomic E-state index is 0.163. The van der Waals surface area contributed by atoms with Crippen molar-refractivity contribution in [1.29, 1.82) is 0 Å². The lowest BCUT2D eigenvalue weighted by Gasteiger charge is -2.20. The molecule has 3 heteroatoms. The standard InChI is InChI=1S/C16H24N2S/c1-16(2,3)17-12-13-5-6-14-7-8-18(9-10-19-4)15(14)11-13/h5-8,11,17H,9-10,12H2,1-4H3. The summed E-state index contributed by atoms with van der Waals surface area (Å²) in [5.41, 5.74) is 2.87. The monoisotopic (exact) mass is 276 g/mol. The van der Waals surface area contributed by atoms with Gasteiger partial charge in [0.25, 0.3) is 0 Å². The van der Waals surface area contributed by atoms with Gasteiger partial charge in [0.15, 0.2) is 0 Å². The van der Waals surface area contributed by atoms with Crippen LogP contribution >= 0.6 is 11.8 Å². The molecule has 0 saturated carbocycles. The second kappa shape index (κ2) is 6.02. The molecule has 0 fully saturated rings. The Morgan fingerprint density at radius 3 is 2.68 bits per heavy atom. The van der Waals surface area contributed by atoms with Gasteiger partial charge in [0.05, 0.1) is 0 Å². The van der Waals surface area contributed by atoms with Crippen LogP contribution in [0.25, 0.3) is 10.9 Å². The third-order valence-electron chi connectivity index (χ3n) is 3.20. The summed E-state index contributed by atoms with van der Waals surface area (Å²) in [6.45, 7) is 8.61. The number of nitrogens with one attached hydrogen (secondary N) is 1. The highest BCUT2D eigenvalue weighted by Crippen LogP contribution is 2.18. The van der Waals surface area contributed by atoms with Crippen molar-refractivity contribution in [2.45, 2.75) is 39.4 Å². The molecule has 2 rings (SSSR count). The Morgan fingerprint density at radius 2 is 2.00 bits per heavy atom. The molecule has 1 aromatic carbocycles. The summed E-state index contributed by atoms with van der Waals surface area (Å²) in [5.74, 6) is 1.16. The predicted octanol–water partition coefficient (Wildman–Crippen LogP) is 3.89. The summed E-state index contributed by atoms with van der Waals surface area (Å²) in [6.07, 6.45) is 4.35. The molecule has 0 spiro atoms. The van der Waals surface area contributed by atoms with Crippen LogP contribution in [0, 0.1) is 0 Å². The fourth-order valence-corrected chi connectivity index (χ4v) is 2.47. The Kier molecular flexibility index (Phi) is 4.58.